The largest absolute Gasteiger partial charge is 0.496 e. The van der Waals surface area contributed by atoms with Crippen LogP contribution in [0.4, 0.5) is 5.69 Å². The molecule has 2 aromatic carbocycles. The monoisotopic (exact) mass is 380 g/mol. The molecule has 0 atom stereocenters. The van der Waals surface area contributed by atoms with E-state index in [2.05, 4.69) is 5.32 Å². The van der Waals surface area contributed by atoms with Gasteiger partial charge in [-0.25, -0.2) is 0 Å². The van der Waals surface area contributed by atoms with Crippen molar-refractivity contribution in [1.29, 1.82) is 0 Å². The van der Waals surface area contributed by atoms with E-state index >= 15 is 0 Å². The third kappa shape index (κ3) is 4.65. The second-order valence-corrected chi connectivity index (χ2v) is 5.98. The van der Waals surface area contributed by atoms with Crippen molar-refractivity contribution in [2.24, 2.45) is 0 Å². The van der Waals surface area contributed by atoms with Crippen LogP contribution in [0.1, 0.15) is 17.3 Å². The van der Waals surface area contributed by atoms with Gasteiger partial charge in [-0.2, -0.15) is 0 Å². The summed E-state index contributed by atoms with van der Waals surface area (Å²) in [6, 6.07) is 11.8. The van der Waals surface area contributed by atoms with E-state index in [0.29, 0.717) is 33.6 Å². The van der Waals surface area contributed by atoms with Crippen LogP contribution < -0.4 is 10.1 Å². The molecule has 2 aromatic rings. The number of nitrogens with zero attached hydrogens (tertiary/aromatic N) is 1. The molecule has 0 aliphatic carbocycles. The highest BCUT2D eigenvalue weighted by atomic mass is 35.5. The van der Waals surface area contributed by atoms with Gasteiger partial charge in [-0.05, 0) is 31.2 Å². The van der Waals surface area contributed by atoms with Gasteiger partial charge in [-0.1, -0.05) is 41.4 Å². The van der Waals surface area contributed by atoms with Gasteiger partial charge in [0, 0.05) is 6.54 Å². The third-order valence-corrected chi connectivity index (χ3v) is 4.20. The maximum Gasteiger partial charge on any atom is 0.258 e. The Morgan fingerprint density at radius 1 is 1.08 bits per heavy atom. The Hall–Kier alpha value is -2.24. The van der Waals surface area contributed by atoms with Crippen molar-refractivity contribution < 1.29 is 14.3 Å². The molecule has 0 saturated heterocycles. The van der Waals surface area contributed by atoms with E-state index in [1.54, 1.807) is 49.4 Å². The summed E-state index contributed by atoms with van der Waals surface area (Å²) in [5.41, 5.74) is 0.729. The molecule has 1 N–H and O–H groups in total. The van der Waals surface area contributed by atoms with Gasteiger partial charge in [0.05, 0.1) is 28.4 Å². The van der Waals surface area contributed by atoms with E-state index in [1.807, 2.05) is 0 Å². The van der Waals surface area contributed by atoms with Crippen molar-refractivity contribution in [3.8, 4) is 5.75 Å². The van der Waals surface area contributed by atoms with Crippen molar-refractivity contribution in [3.63, 3.8) is 0 Å². The highest BCUT2D eigenvalue weighted by Gasteiger charge is 2.21. The molecule has 2 rings (SSSR count). The summed E-state index contributed by atoms with van der Waals surface area (Å²) in [6.07, 6.45) is 0. The third-order valence-electron chi connectivity index (χ3n) is 3.57. The Kier molecular flexibility index (Phi) is 6.67. The SMILES string of the molecule is CCN(CC(=O)Nc1c(Cl)cccc1Cl)C(=O)c1ccccc1OC. The van der Waals surface area contributed by atoms with Crippen LogP contribution in [0, 0.1) is 0 Å². The number of halogens is 2. The molecular weight excluding hydrogens is 363 g/mol. The minimum absolute atomic E-state index is 0.130. The van der Waals surface area contributed by atoms with Crippen LogP contribution in [0.3, 0.4) is 0 Å². The normalized spacial score (nSPS) is 10.2. The van der Waals surface area contributed by atoms with Crippen LogP contribution in [-0.2, 0) is 4.79 Å². The lowest BCUT2D eigenvalue weighted by Gasteiger charge is -2.21. The van der Waals surface area contributed by atoms with Gasteiger partial charge in [0.15, 0.2) is 0 Å². The summed E-state index contributed by atoms with van der Waals surface area (Å²) in [5.74, 6) is -0.221. The molecule has 0 fully saturated rings. The molecule has 0 aliphatic heterocycles. The van der Waals surface area contributed by atoms with Crippen molar-refractivity contribution in [2.45, 2.75) is 6.92 Å². The molecule has 7 heteroatoms. The maximum absolute atomic E-state index is 12.7. The minimum Gasteiger partial charge on any atom is -0.496 e. The zero-order chi connectivity index (χ0) is 18.4. The molecule has 2 amide bonds. The second-order valence-electron chi connectivity index (χ2n) is 5.16. The van der Waals surface area contributed by atoms with Crippen molar-refractivity contribution >= 4 is 40.7 Å². The molecule has 0 bridgehead atoms. The summed E-state index contributed by atoms with van der Waals surface area (Å²) in [7, 11) is 1.49. The molecule has 25 heavy (non-hydrogen) atoms. The van der Waals surface area contributed by atoms with E-state index in [1.165, 1.54) is 12.0 Å². The number of carbonyl (C=O) groups excluding carboxylic acids is 2. The van der Waals surface area contributed by atoms with Crippen LogP contribution in [-0.4, -0.2) is 36.9 Å². The maximum atomic E-state index is 12.7. The number of hydrogen-bond donors (Lipinski definition) is 1. The number of rotatable bonds is 6. The van der Waals surface area contributed by atoms with E-state index in [9.17, 15) is 9.59 Å². The number of nitrogens with one attached hydrogen (secondary N) is 1. The summed E-state index contributed by atoms with van der Waals surface area (Å²) < 4.78 is 5.21. The smallest absolute Gasteiger partial charge is 0.258 e. The Bertz CT molecular complexity index is 760. The lowest BCUT2D eigenvalue weighted by molar-refractivity contribution is -0.116. The molecule has 0 saturated carbocycles. The summed E-state index contributed by atoms with van der Waals surface area (Å²) in [5, 5.41) is 3.32. The fourth-order valence-corrected chi connectivity index (χ4v) is 2.78. The molecule has 0 unspecified atom stereocenters. The Labute approximate surface area is 156 Å². The van der Waals surface area contributed by atoms with Gasteiger partial charge in [-0.15, -0.1) is 0 Å². The van der Waals surface area contributed by atoms with E-state index in [4.69, 9.17) is 27.9 Å². The average molecular weight is 381 g/mol. The van der Waals surface area contributed by atoms with Crippen molar-refractivity contribution in [3.05, 3.63) is 58.1 Å². The first kappa shape index (κ1) is 19.1. The number of amides is 2. The predicted octanol–water partition coefficient (Wildman–Crippen LogP) is 4.10. The molecule has 0 spiro atoms. The predicted molar refractivity (Wildman–Crippen MR) is 99.7 cm³/mol. The highest BCUT2D eigenvalue weighted by molar-refractivity contribution is 6.39. The quantitative estimate of drug-likeness (QED) is 0.820. The topological polar surface area (TPSA) is 58.6 Å². The zero-order valence-corrected chi connectivity index (χ0v) is 15.4. The van der Waals surface area contributed by atoms with Crippen LogP contribution >= 0.6 is 23.2 Å². The Balaban J connectivity index is 2.13. The second kappa shape index (κ2) is 8.74. The number of hydrogen-bond acceptors (Lipinski definition) is 3. The molecule has 5 nitrogen and oxygen atoms in total. The van der Waals surface area contributed by atoms with Crippen LogP contribution in [0.5, 0.6) is 5.75 Å². The van der Waals surface area contributed by atoms with Gasteiger partial charge in [-0.3, -0.25) is 9.59 Å². The first-order valence-electron chi connectivity index (χ1n) is 7.64. The first-order chi connectivity index (χ1) is 12.0. The van der Waals surface area contributed by atoms with Gasteiger partial charge < -0.3 is 15.0 Å². The standard InChI is InChI=1S/C18H18Cl2N2O3/c1-3-22(18(24)12-7-4-5-10-15(12)25-2)11-16(23)21-17-13(19)8-6-9-14(17)20/h4-10H,3,11H2,1-2H3,(H,21,23). The van der Waals surface area contributed by atoms with Crippen LogP contribution in [0.15, 0.2) is 42.5 Å². The molecule has 0 radical (unpaired) electrons. The highest BCUT2D eigenvalue weighted by Crippen LogP contribution is 2.29. The molecule has 0 aliphatic rings. The summed E-state index contributed by atoms with van der Waals surface area (Å²) >= 11 is 12.1. The number of likely N-dealkylation sites (N-methyl/N-ethyl adjacent to an activating group) is 1. The van der Waals surface area contributed by atoms with E-state index < -0.39 is 0 Å². The number of anilines is 1. The van der Waals surface area contributed by atoms with Crippen LogP contribution in [0.2, 0.25) is 10.0 Å². The lowest BCUT2D eigenvalue weighted by Crippen LogP contribution is -2.38. The van der Waals surface area contributed by atoms with E-state index in [0.717, 1.165) is 0 Å². The molecule has 0 aromatic heterocycles. The van der Waals surface area contributed by atoms with Gasteiger partial charge >= 0.3 is 0 Å². The van der Waals surface area contributed by atoms with Gasteiger partial charge in [0.1, 0.15) is 12.3 Å². The fourth-order valence-electron chi connectivity index (χ4n) is 2.29. The number of para-hydroxylation sites is 2. The fraction of sp³-hybridized carbons (Fsp3) is 0.222. The molecule has 0 heterocycles. The van der Waals surface area contributed by atoms with Gasteiger partial charge in [0.25, 0.3) is 5.91 Å². The Morgan fingerprint density at radius 3 is 2.32 bits per heavy atom. The van der Waals surface area contributed by atoms with Gasteiger partial charge in [0.2, 0.25) is 5.91 Å². The number of methoxy groups -OCH3 is 1. The van der Waals surface area contributed by atoms with Crippen LogP contribution in [0.25, 0.3) is 0 Å². The van der Waals surface area contributed by atoms with Crippen molar-refractivity contribution in [1.82, 2.24) is 4.90 Å². The number of carbonyl (C=O) groups is 2. The summed E-state index contributed by atoms with van der Waals surface area (Å²) in [6.45, 7) is 2.03. The van der Waals surface area contributed by atoms with Crippen molar-refractivity contribution in [2.75, 3.05) is 25.5 Å². The lowest BCUT2D eigenvalue weighted by atomic mass is 10.1. The van der Waals surface area contributed by atoms with E-state index in [-0.39, 0.29) is 18.4 Å². The molecule has 132 valence electrons. The number of benzene rings is 2. The average Bonchev–Trinajstić information content (AvgIpc) is 2.62. The molecular formula is C18H18Cl2N2O3. The number of ether oxygens (including phenoxy) is 1. The minimum atomic E-state index is -0.389. The zero-order valence-electron chi connectivity index (χ0n) is 13.9. The Morgan fingerprint density at radius 2 is 1.72 bits per heavy atom. The summed E-state index contributed by atoms with van der Waals surface area (Å²) in [4.78, 5) is 26.4. The first-order valence-corrected chi connectivity index (χ1v) is 8.39.